The van der Waals surface area contributed by atoms with E-state index in [1.54, 1.807) is 14.0 Å². The number of rotatable bonds is 6. The molecule has 164 valence electrons. The average Bonchev–Trinajstić information content (AvgIpc) is 3.40. The molecule has 0 spiro atoms. The number of hydrogen-bond acceptors (Lipinski definition) is 6. The Hall–Kier alpha value is -3.42. The lowest BCUT2D eigenvalue weighted by Gasteiger charge is -2.49. The van der Waals surface area contributed by atoms with Crippen molar-refractivity contribution in [2.75, 3.05) is 26.0 Å². The zero-order valence-electron chi connectivity index (χ0n) is 17.7. The Bertz CT molecular complexity index is 1470. The molecule has 1 N–H and O–H groups in total. The molecule has 5 rings (SSSR count). The van der Waals surface area contributed by atoms with Gasteiger partial charge in [0.15, 0.2) is 0 Å². The highest BCUT2D eigenvalue weighted by Gasteiger charge is 2.49. The van der Waals surface area contributed by atoms with E-state index in [9.17, 15) is 13.7 Å². The monoisotopic (exact) mass is 450 g/mol. The maximum Gasteiger partial charge on any atom is 0.213 e. The minimum absolute atomic E-state index is 0.0353. The smallest absolute Gasteiger partial charge is 0.213 e. The topological polar surface area (TPSA) is 117 Å². The lowest BCUT2D eigenvalue weighted by molar-refractivity contribution is 0.0893. The van der Waals surface area contributed by atoms with Gasteiger partial charge < -0.3 is 14.3 Å². The summed E-state index contributed by atoms with van der Waals surface area (Å²) >= 11 is 0. The third kappa shape index (κ3) is 2.97. The average molecular weight is 451 g/mol. The predicted octanol–water partition coefficient (Wildman–Crippen LogP) is 2.86. The second-order valence-electron chi connectivity index (χ2n) is 7.99. The number of hydrogen-bond donors (Lipinski definition) is 1. The minimum Gasteiger partial charge on any atom is -0.497 e. The van der Waals surface area contributed by atoms with Crippen LogP contribution in [0.25, 0.3) is 33.2 Å². The van der Waals surface area contributed by atoms with E-state index in [0.29, 0.717) is 5.75 Å². The molecule has 9 nitrogen and oxygen atoms in total. The molecule has 1 saturated heterocycles. The normalized spacial score (nSPS) is 16.2. The Morgan fingerprint density at radius 3 is 2.78 bits per heavy atom. The quantitative estimate of drug-likeness (QED) is 0.483. The molecule has 4 heterocycles. The number of aromatic amines is 1. The summed E-state index contributed by atoms with van der Waals surface area (Å²) < 4.78 is 33.7. The number of nitrogens with zero attached hydrogens (tertiary/aromatic N) is 5. The lowest BCUT2D eigenvalue weighted by atomic mass is 9.88. The fourth-order valence-corrected chi connectivity index (χ4v) is 5.73. The van der Waals surface area contributed by atoms with E-state index >= 15 is 0 Å². The van der Waals surface area contributed by atoms with E-state index in [1.165, 1.54) is 10.6 Å². The van der Waals surface area contributed by atoms with Gasteiger partial charge in [-0.25, -0.2) is 18.4 Å². The number of fused-ring (bicyclic) bond motifs is 2. The Morgan fingerprint density at radius 1 is 1.25 bits per heavy atom. The second-order valence-corrected chi connectivity index (χ2v) is 10.2. The van der Waals surface area contributed by atoms with Gasteiger partial charge in [-0.3, -0.25) is 0 Å². The van der Waals surface area contributed by atoms with Gasteiger partial charge in [-0.15, -0.1) is 0 Å². The van der Waals surface area contributed by atoms with Gasteiger partial charge in [-0.2, -0.15) is 9.57 Å². The summed E-state index contributed by atoms with van der Waals surface area (Å²) in [4.78, 5) is 11.9. The molecule has 4 aromatic rings. The van der Waals surface area contributed by atoms with Crippen LogP contribution in [0.3, 0.4) is 0 Å². The van der Waals surface area contributed by atoms with Gasteiger partial charge in [0, 0.05) is 47.9 Å². The molecule has 0 atom stereocenters. The number of sulfonamides is 1. The summed E-state index contributed by atoms with van der Waals surface area (Å²) in [6.07, 6.45) is 5.51. The Labute approximate surface area is 185 Å². The fourth-order valence-electron chi connectivity index (χ4n) is 4.49. The van der Waals surface area contributed by atoms with Crippen molar-refractivity contribution in [1.82, 2.24) is 23.8 Å². The summed E-state index contributed by atoms with van der Waals surface area (Å²) in [5, 5.41) is 11.4. The molecule has 3 aromatic heterocycles. The summed E-state index contributed by atoms with van der Waals surface area (Å²) in [7, 11) is -1.73. The summed E-state index contributed by atoms with van der Waals surface area (Å²) in [6.45, 7) is 2.13. The first-order valence-electron chi connectivity index (χ1n) is 10.3. The van der Waals surface area contributed by atoms with Gasteiger partial charge in [-0.1, -0.05) is 0 Å². The number of ether oxygens (including phenoxy) is 1. The number of nitriles is 1. The molecule has 10 heteroatoms. The van der Waals surface area contributed by atoms with Crippen molar-refractivity contribution >= 4 is 32.0 Å². The van der Waals surface area contributed by atoms with Crippen molar-refractivity contribution in [2.24, 2.45) is 0 Å². The maximum absolute atomic E-state index is 12.4. The van der Waals surface area contributed by atoms with Crippen LogP contribution in [0.1, 0.15) is 13.3 Å². The maximum atomic E-state index is 12.4. The van der Waals surface area contributed by atoms with Gasteiger partial charge in [0.1, 0.15) is 17.7 Å². The van der Waals surface area contributed by atoms with Crippen molar-refractivity contribution in [3.8, 4) is 23.1 Å². The summed E-state index contributed by atoms with van der Waals surface area (Å²) in [5.41, 5.74) is 2.60. The number of H-pyrrole nitrogens is 1. The first-order chi connectivity index (χ1) is 15.4. The van der Waals surface area contributed by atoms with Crippen LogP contribution in [0, 0.1) is 11.3 Å². The Kier molecular flexibility index (Phi) is 4.69. The van der Waals surface area contributed by atoms with Crippen LogP contribution >= 0.6 is 0 Å². The number of nitrogens with one attached hydrogen (secondary N) is 1. The van der Waals surface area contributed by atoms with Crippen LogP contribution in [0.5, 0.6) is 5.75 Å². The SMILES string of the molecule is CCS(=O)(=O)N1CC(CC#N)(n2cc(-c3ncnc4[nH]ccc34)c3ccc(OC)cc32)C1. The van der Waals surface area contributed by atoms with Crippen LogP contribution in [0.15, 0.2) is 43.0 Å². The van der Waals surface area contributed by atoms with Crippen LogP contribution in [-0.4, -0.2) is 58.2 Å². The van der Waals surface area contributed by atoms with Gasteiger partial charge in [0.05, 0.1) is 42.1 Å². The summed E-state index contributed by atoms with van der Waals surface area (Å²) in [5.74, 6) is 0.718. The fraction of sp³-hybridized carbons (Fsp3) is 0.318. The standard InChI is InChI=1S/C22H22N6O3S/c1-3-32(29,30)27-12-22(13-27,7-8-23)28-11-18(16-5-4-15(31-2)10-19(16)28)20-17-6-9-24-21(17)26-14-25-20/h4-6,9-11,14H,3,7,12-13H2,1-2H3,(H,24,25,26). The Morgan fingerprint density at radius 2 is 2.06 bits per heavy atom. The second kappa shape index (κ2) is 7.32. The van der Waals surface area contributed by atoms with E-state index in [1.807, 2.05) is 41.2 Å². The van der Waals surface area contributed by atoms with Gasteiger partial charge in [0.2, 0.25) is 10.0 Å². The van der Waals surface area contributed by atoms with Crippen LogP contribution in [0.2, 0.25) is 0 Å². The first-order valence-corrected chi connectivity index (χ1v) is 11.9. The van der Waals surface area contributed by atoms with E-state index in [4.69, 9.17) is 4.74 Å². The van der Waals surface area contributed by atoms with Crippen LogP contribution in [0.4, 0.5) is 0 Å². The highest BCUT2D eigenvalue weighted by Crippen LogP contribution is 2.42. The van der Waals surface area contributed by atoms with E-state index in [2.05, 4.69) is 21.0 Å². The highest BCUT2D eigenvalue weighted by molar-refractivity contribution is 7.89. The van der Waals surface area contributed by atoms with Crippen molar-refractivity contribution < 1.29 is 13.2 Å². The zero-order chi connectivity index (χ0) is 22.5. The Balaban J connectivity index is 1.73. The van der Waals surface area contributed by atoms with Crippen molar-refractivity contribution in [3.63, 3.8) is 0 Å². The molecule has 1 aliphatic rings. The third-order valence-electron chi connectivity index (χ3n) is 6.24. The molecule has 32 heavy (non-hydrogen) atoms. The van der Waals surface area contributed by atoms with Crippen molar-refractivity contribution in [2.45, 2.75) is 18.9 Å². The van der Waals surface area contributed by atoms with E-state index in [0.717, 1.165) is 33.2 Å². The molecule has 0 bridgehead atoms. The molecule has 0 saturated carbocycles. The molecule has 0 unspecified atom stereocenters. The van der Waals surface area contributed by atoms with E-state index in [-0.39, 0.29) is 25.3 Å². The van der Waals surface area contributed by atoms with Gasteiger partial charge >= 0.3 is 0 Å². The molecule has 0 radical (unpaired) electrons. The lowest BCUT2D eigenvalue weighted by Crippen LogP contribution is -2.64. The molecule has 1 fully saturated rings. The molecule has 1 aromatic carbocycles. The largest absolute Gasteiger partial charge is 0.497 e. The number of aromatic nitrogens is 4. The molecule has 1 aliphatic heterocycles. The van der Waals surface area contributed by atoms with E-state index < -0.39 is 15.6 Å². The first kappa shape index (κ1) is 20.5. The number of methoxy groups -OCH3 is 1. The zero-order valence-corrected chi connectivity index (χ0v) is 18.6. The molecule has 0 aliphatic carbocycles. The number of benzene rings is 1. The molecular weight excluding hydrogens is 428 g/mol. The van der Waals surface area contributed by atoms with Crippen molar-refractivity contribution in [3.05, 3.63) is 43.0 Å². The van der Waals surface area contributed by atoms with Gasteiger partial charge in [-0.05, 0) is 25.1 Å². The minimum atomic E-state index is -3.33. The highest BCUT2D eigenvalue weighted by atomic mass is 32.2. The van der Waals surface area contributed by atoms with Crippen molar-refractivity contribution in [1.29, 1.82) is 5.26 Å². The predicted molar refractivity (Wildman–Crippen MR) is 121 cm³/mol. The van der Waals surface area contributed by atoms with Crippen LogP contribution < -0.4 is 4.74 Å². The third-order valence-corrected chi connectivity index (χ3v) is 8.02. The summed E-state index contributed by atoms with van der Waals surface area (Å²) in [6, 6.07) is 9.97. The van der Waals surface area contributed by atoms with Gasteiger partial charge in [0.25, 0.3) is 0 Å². The molecular formula is C22H22N6O3S. The molecule has 0 amide bonds. The van der Waals surface area contributed by atoms with Crippen LogP contribution in [-0.2, 0) is 15.6 Å².